The summed E-state index contributed by atoms with van der Waals surface area (Å²) in [6.45, 7) is 6.33. The van der Waals surface area contributed by atoms with E-state index >= 15 is 0 Å². The van der Waals surface area contributed by atoms with Gasteiger partial charge in [0.1, 0.15) is 11.6 Å². The molecule has 0 aliphatic carbocycles. The minimum absolute atomic E-state index is 0.00482. The Hall–Kier alpha value is -2.73. The van der Waals surface area contributed by atoms with E-state index in [4.69, 9.17) is 16.6 Å². The first-order valence-electron chi connectivity index (χ1n) is 10.2. The van der Waals surface area contributed by atoms with Crippen molar-refractivity contribution in [2.45, 2.75) is 46.1 Å². The standard InChI is InChI=1S/C23H25ClFN3O2/c1-4-13-27(21(29)6-3)20(5-2)22-26-19-10-8-7-9-16(19)23(30)28(22)15-11-12-18(25)17(24)14-15/h7-12,14,20H,4-6,13H2,1-3H3. The summed E-state index contributed by atoms with van der Waals surface area (Å²) in [6, 6.07) is 10.8. The van der Waals surface area contributed by atoms with E-state index in [1.807, 2.05) is 26.8 Å². The molecule has 30 heavy (non-hydrogen) atoms. The maximum Gasteiger partial charge on any atom is 0.266 e. The molecule has 0 fully saturated rings. The van der Waals surface area contributed by atoms with Crippen molar-refractivity contribution in [3.8, 4) is 5.69 Å². The van der Waals surface area contributed by atoms with Gasteiger partial charge in [-0.3, -0.25) is 14.2 Å². The molecule has 3 rings (SSSR count). The molecule has 1 amide bonds. The van der Waals surface area contributed by atoms with Gasteiger partial charge in [-0.2, -0.15) is 0 Å². The van der Waals surface area contributed by atoms with Gasteiger partial charge in [0, 0.05) is 13.0 Å². The normalized spacial score (nSPS) is 12.2. The maximum atomic E-state index is 13.8. The summed E-state index contributed by atoms with van der Waals surface area (Å²) in [7, 11) is 0. The van der Waals surface area contributed by atoms with Crippen LogP contribution in [0, 0.1) is 5.82 Å². The van der Waals surface area contributed by atoms with Crippen molar-refractivity contribution in [2.24, 2.45) is 0 Å². The molecule has 0 bridgehead atoms. The second kappa shape index (κ2) is 9.39. The van der Waals surface area contributed by atoms with E-state index in [0.29, 0.717) is 41.8 Å². The van der Waals surface area contributed by atoms with Gasteiger partial charge < -0.3 is 4.90 Å². The summed E-state index contributed by atoms with van der Waals surface area (Å²) in [6.07, 6.45) is 1.71. The summed E-state index contributed by atoms with van der Waals surface area (Å²) in [5.74, 6) is -0.126. The molecule has 0 aliphatic rings. The Morgan fingerprint density at radius 3 is 2.57 bits per heavy atom. The number of rotatable bonds is 7. The van der Waals surface area contributed by atoms with E-state index in [1.165, 1.54) is 22.8 Å². The predicted molar refractivity (Wildman–Crippen MR) is 118 cm³/mol. The van der Waals surface area contributed by atoms with Crippen molar-refractivity contribution in [3.63, 3.8) is 0 Å². The van der Waals surface area contributed by atoms with Gasteiger partial charge >= 0.3 is 0 Å². The van der Waals surface area contributed by atoms with E-state index in [2.05, 4.69) is 0 Å². The molecule has 0 N–H and O–H groups in total. The van der Waals surface area contributed by atoms with Crippen molar-refractivity contribution in [1.29, 1.82) is 0 Å². The number of hydrogen-bond acceptors (Lipinski definition) is 3. The molecule has 158 valence electrons. The molecule has 5 nitrogen and oxygen atoms in total. The van der Waals surface area contributed by atoms with E-state index < -0.39 is 11.9 Å². The van der Waals surface area contributed by atoms with Crippen LogP contribution in [-0.2, 0) is 4.79 Å². The van der Waals surface area contributed by atoms with Crippen molar-refractivity contribution in [1.82, 2.24) is 14.5 Å². The van der Waals surface area contributed by atoms with Crippen LogP contribution in [-0.4, -0.2) is 26.9 Å². The number of benzene rings is 2. The number of hydrogen-bond donors (Lipinski definition) is 0. The highest BCUT2D eigenvalue weighted by molar-refractivity contribution is 6.30. The topological polar surface area (TPSA) is 55.2 Å². The van der Waals surface area contributed by atoms with Crippen LogP contribution in [0.4, 0.5) is 4.39 Å². The highest BCUT2D eigenvalue weighted by Crippen LogP contribution is 2.28. The predicted octanol–water partition coefficient (Wildman–Crippen LogP) is 5.28. The monoisotopic (exact) mass is 429 g/mol. The molecule has 1 atom stereocenters. The van der Waals surface area contributed by atoms with Gasteiger partial charge in [-0.05, 0) is 43.2 Å². The first-order valence-corrected chi connectivity index (χ1v) is 10.6. The smallest absolute Gasteiger partial charge is 0.266 e. The zero-order valence-electron chi connectivity index (χ0n) is 17.4. The van der Waals surface area contributed by atoms with Gasteiger partial charge in [0.25, 0.3) is 5.56 Å². The second-order valence-corrected chi connectivity index (χ2v) is 7.50. The summed E-state index contributed by atoms with van der Waals surface area (Å²) in [5, 5.41) is 0.363. The number of para-hydroxylation sites is 1. The minimum Gasteiger partial charge on any atom is -0.333 e. The van der Waals surface area contributed by atoms with Gasteiger partial charge in [-0.1, -0.05) is 44.5 Å². The van der Waals surface area contributed by atoms with Gasteiger partial charge in [0.2, 0.25) is 5.91 Å². The van der Waals surface area contributed by atoms with Crippen molar-refractivity contribution < 1.29 is 9.18 Å². The summed E-state index contributed by atoms with van der Waals surface area (Å²) < 4.78 is 15.2. The van der Waals surface area contributed by atoms with Crippen LogP contribution in [0.25, 0.3) is 16.6 Å². The third-order valence-corrected chi connectivity index (χ3v) is 5.40. The first kappa shape index (κ1) is 22.0. The zero-order valence-corrected chi connectivity index (χ0v) is 18.1. The Bertz CT molecular complexity index is 1130. The largest absolute Gasteiger partial charge is 0.333 e. The number of carbonyl (C=O) groups excluding carboxylic acids is 1. The van der Waals surface area contributed by atoms with Crippen LogP contribution in [0.5, 0.6) is 0 Å². The van der Waals surface area contributed by atoms with Crippen LogP contribution >= 0.6 is 11.6 Å². The lowest BCUT2D eigenvalue weighted by Crippen LogP contribution is -2.38. The Labute approximate surface area is 180 Å². The average Bonchev–Trinajstić information content (AvgIpc) is 2.75. The van der Waals surface area contributed by atoms with Crippen molar-refractivity contribution in [2.75, 3.05) is 6.54 Å². The fourth-order valence-electron chi connectivity index (χ4n) is 3.69. The highest BCUT2D eigenvalue weighted by atomic mass is 35.5. The van der Waals surface area contributed by atoms with Gasteiger partial charge in [-0.15, -0.1) is 0 Å². The van der Waals surface area contributed by atoms with Crippen LogP contribution in [0.3, 0.4) is 0 Å². The number of carbonyl (C=O) groups is 1. The molecule has 0 saturated carbocycles. The summed E-state index contributed by atoms with van der Waals surface area (Å²) in [4.78, 5) is 32.7. The lowest BCUT2D eigenvalue weighted by molar-refractivity contribution is -0.133. The van der Waals surface area contributed by atoms with Crippen LogP contribution in [0.2, 0.25) is 5.02 Å². The number of fused-ring (bicyclic) bond motifs is 1. The van der Waals surface area contributed by atoms with Crippen molar-refractivity contribution in [3.05, 3.63) is 69.5 Å². The number of halogens is 2. The molecular weight excluding hydrogens is 405 g/mol. The molecule has 0 saturated heterocycles. The zero-order chi connectivity index (χ0) is 21.8. The Balaban J connectivity index is 2.34. The van der Waals surface area contributed by atoms with Gasteiger partial charge in [0.15, 0.2) is 0 Å². The molecule has 0 aliphatic heterocycles. The molecule has 7 heteroatoms. The lowest BCUT2D eigenvalue weighted by Gasteiger charge is -2.32. The summed E-state index contributed by atoms with van der Waals surface area (Å²) in [5.41, 5.74) is 0.691. The van der Waals surface area contributed by atoms with E-state index in [9.17, 15) is 14.0 Å². The number of aromatic nitrogens is 2. The molecule has 0 spiro atoms. The highest BCUT2D eigenvalue weighted by Gasteiger charge is 2.28. The number of amides is 1. The Morgan fingerprint density at radius 2 is 1.93 bits per heavy atom. The van der Waals surface area contributed by atoms with E-state index in [1.54, 1.807) is 23.1 Å². The average molecular weight is 430 g/mol. The van der Waals surface area contributed by atoms with Gasteiger partial charge in [0.05, 0.1) is 27.7 Å². The molecule has 1 unspecified atom stereocenters. The SMILES string of the molecule is CCCN(C(=O)CC)C(CC)c1nc2ccccc2c(=O)n1-c1ccc(F)c(Cl)c1. The Morgan fingerprint density at radius 1 is 1.20 bits per heavy atom. The van der Waals surface area contributed by atoms with Crippen LogP contribution in [0.1, 0.15) is 51.9 Å². The van der Waals surface area contributed by atoms with Crippen LogP contribution in [0.15, 0.2) is 47.3 Å². The fraction of sp³-hybridized carbons (Fsp3) is 0.348. The molecule has 0 radical (unpaired) electrons. The van der Waals surface area contributed by atoms with E-state index in [-0.39, 0.29) is 16.5 Å². The minimum atomic E-state index is -0.565. The van der Waals surface area contributed by atoms with Crippen molar-refractivity contribution >= 4 is 28.4 Å². The molecule has 3 aromatic rings. The first-order chi connectivity index (χ1) is 14.4. The Kier molecular flexibility index (Phi) is 6.87. The maximum absolute atomic E-state index is 13.8. The quantitative estimate of drug-likeness (QED) is 0.513. The third kappa shape index (κ3) is 4.10. The van der Waals surface area contributed by atoms with E-state index in [0.717, 1.165) is 6.42 Å². The molecule has 2 aromatic carbocycles. The molecule has 1 aromatic heterocycles. The molecule has 1 heterocycles. The fourth-order valence-corrected chi connectivity index (χ4v) is 3.86. The molecular formula is C23H25ClFN3O2. The number of nitrogens with zero attached hydrogens (tertiary/aromatic N) is 3. The van der Waals surface area contributed by atoms with Gasteiger partial charge in [-0.25, -0.2) is 9.37 Å². The third-order valence-electron chi connectivity index (χ3n) is 5.11. The van der Waals surface area contributed by atoms with Crippen LogP contribution < -0.4 is 5.56 Å². The lowest BCUT2D eigenvalue weighted by atomic mass is 10.1. The summed E-state index contributed by atoms with van der Waals surface area (Å²) >= 11 is 6.01. The second-order valence-electron chi connectivity index (χ2n) is 7.09.